The molecule has 3 rings (SSSR count). The van der Waals surface area contributed by atoms with Crippen molar-refractivity contribution in [2.45, 2.75) is 102 Å². The number of rotatable bonds is 7. The molecular weight excluding hydrogens is 393 g/mol. The van der Waals surface area contributed by atoms with Crippen LogP contribution in [0.5, 0.6) is 0 Å². The quantitative estimate of drug-likeness (QED) is 0.396. The minimum atomic E-state index is -0.821. The summed E-state index contributed by atoms with van der Waals surface area (Å²) < 4.78 is 20.7. The zero-order valence-corrected chi connectivity index (χ0v) is 19.6. The van der Waals surface area contributed by atoms with Gasteiger partial charge in [0.05, 0.1) is 12.0 Å². The van der Waals surface area contributed by atoms with E-state index in [1.54, 1.807) is 0 Å². The van der Waals surface area contributed by atoms with Crippen LogP contribution in [0.15, 0.2) is 0 Å². The average Bonchev–Trinajstić information content (AvgIpc) is 3.28. The fourth-order valence-corrected chi connectivity index (χ4v) is 5.53. The van der Waals surface area contributed by atoms with Gasteiger partial charge in [0.1, 0.15) is 11.5 Å². The molecule has 0 spiro atoms. The van der Waals surface area contributed by atoms with Gasteiger partial charge in [-0.3, -0.25) is 5.32 Å². The monoisotopic (exact) mass is 433 g/mol. The molecule has 1 saturated heterocycles. The van der Waals surface area contributed by atoms with Crippen molar-refractivity contribution in [3.8, 4) is 23.7 Å². The van der Waals surface area contributed by atoms with Crippen molar-refractivity contribution in [3.63, 3.8) is 0 Å². The van der Waals surface area contributed by atoms with Gasteiger partial charge in [0.15, 0.2) is 0 Å². The molecule has 1 N–H and O–H groups in total. The van der Waals surface area contributed by atoms with E-state index in [9.17, 15) is 4.39 Å². The minimum absolute atomic E-state index is 0.0967. The molecule has 4 heteroatoms. The Labute approximate surface area is 188 Å². The van der Waals surface area contributed by atoms with Crippen LogP contribution in [0.25, 0.3) is 0 Å². The molecule has 0 aromatic rings. The lowest BCUT2D eigenvalue weighted by molar-refractivity contribution is 0.0209. The Bertz CT molecular complexity index is 604. The van der Waals surface area contributed by atoms with Crippen molar-refractivity contribution in [2.75, 3.05) is 18.9 Å². The number of hydrogen-bond acceptors (Lipinski definition) is 3. The molecule has 1 aliphatic heterocycles. The second-order valence-corrected chi connectivity index (χ2v) is 10.4. The zero-order chi connectivity index (χ0) is 21.0. The molecule has 2 saturated carbocycles. The summed E-state index contributed by atoms with van der Waals surface area (Å²) in [6, 6.07) is 0. The van der Waals surface area contributed by atoms with E-state index in [1.807, 2.05) is 11.8 Å². The van der Waals surface area contributed by atoms with Crippen LogP contribution < -0.4 is 5.32 Å². The highest BCUT2D eigenvalue weighted by Crippen LogP contribution is 2.32. The molecule has 3 aliphatic rings. The highest BCUT2D eigenvalue weighted by Gasteiger charge is 2.29. The molecule has 2 nitrogen and oxygen atoms in total. The van der Waals surface area contributed by atoms with Crippen LogP contribution >= 0.6 is 11.8 Å². The van der Waals surface area contributed by atoms with Crippen LogP contribution in [0.3, 0.4) is 0 Å². The average molecular weight is 434 g/mol. The Morgan fingerprint density at radius 1 is 0.900 bits per heavy atom. The normalized spacial score (nSPS) is 33.9. The molecule has 0 bridgehead atoms. The van der Waals surface area contributed by atoms with E-state index in [4.69, 9.17) is 4.74 Å². The van der Waals surface area contributed by atoms with E-state index < -0.39 is 6.17 Å². The van der Waals surface area contributed by atoms with Crippen molar-refractivity contribution in [1.29, 1.82) is 0 Å². The summed E-state index contributed by atoms with van der Waals surface area (Å²) in [6.07, 6.45) is 13.1. The van der Waals surface area contributed by atoms with Crippen molar-refractivity contribution in [2.24, 2.45) is 17.8 Å². The number of ether oxygens (including phenoxy) is 1. The fraction of sp³-hybridized carbons (Fsp3) is 0.846. The maximum atomic E-state index is 14.6. The molecule has 3 fully saturated rings. The molecule has 0 radical (unpaired) electrons. The van der Waals surface area contributed by atoms with Crippen LogP contribution in [-0.4, -0.2) is 36.6 Å². The highest BCUT2D eigenvalue weighted by atomic mass is 32.2. The third-order valence-electron chi connectivity index (χ3n) is 6.66. The van der Waals surface area contributed by atoms with Crippen LogP contribution in [0, 0.1) is 41.4 Å². The van der Waals surface area contributed by atoms with Gasteiger partial charge in [-0.05, 0) is 51.4 Å². The van der Waals surface area contributed by atoms with E-state index in [1.165, 1.54) is 32.1 Å². The Morgan fingerprint density at radius 2 is 1.67 bits per heavy atom. The standard InChI is InChI=1S/C26H40FNOS/c1-2-3-4-5-6-18-29-24-14-10-21(11-15-24)7-8-22-9-12-23(25(27)20-22)13-16-26-28-17-19-30-26/h21-26,28H,2-6,9-12,14-15,17-20H2,1H3. The van der Waals surface area contributed by atoms with Crippen LogP contribution in [0.2, 0.25) is 0 Å². The summed E-state index contributed by atoms with van der Waals surface area (Å²) in [4.78, 5) is 0. The largest absolute Gasteiger partial charge is 0.378 e. The Balaban J connectivity index is 1.30. The summed E-state index contributed by atoms with van der Waals surface area (Å²) in [6.45, 7) is 4.19. The van der Waals surface area contributed by atoms with Gasteiger partial charge in [-0.15, -0.1) is 11.8 Å². The van der Waals surface area contributed by atoms with E-state index >= 15 is 0 Å². The molecule has 0 amide bonds. The van der Waals surface area contributed by atoms with Gasteiger partial charge in [-0.25, -0.2) is 4.39 Å². The van der Waals surface area contributed by atoms with Crippen molar-refractivity contribution < 1.29 is 9.13 Å². The van der Waals surface area contributed by atoms with Crippen LogP contribution in [-0.2, 0) is 4.74 Å². The maximum Gasteiger partial charge on any atom is 0.116 e. The zero-order valence-electron chi connectivity index (χ0n) is 18.8. The highest BCUT2D eigenvalue weighted by molar-refractivity contribution is 8.00. The Hall–Kier alpha value is -0.680. The number of halogens is 1. The van der Waals surface area contributed by atoms with E-state index in [-0.39, 0.29) is 17.2 Å². The first-order valence-electron chi connectivity index (χ1n) is 12.4. The smallest absolute Gasteiger partial charge is 0.116 e. The third kappa shape index (κ3) is 8.45. The molecular formula is C26H40FNOS. The number of unbranched alkanes of at least 4 members (excludes halogenated alkanes) is 4. The molecule has 30 heavy (non-hydrogen) atoms. The number of hydrogen-bond donors (Lipinski definition) is 1. The summed E-state index contributed by atoms with van der Waals surface area (Å²) >= 11 is 1.83. The van der Waals surface area contributed by atoms with Crippen LogP contribution in [0.4, 0.5) is 4.39 Å². The first-order chi connectivity index (χ1) is 14.7. The van der Waals surface area contributed by atoms with Gasteiger partial charge in [-0.2, -0.15) is 0 Å². The van der Waals surface area contributed by atoms with E-state index in [0.717, 1.165) is 57.4 Å². The topological polar surface area (TPSA) is 21.3 Å². The summed E-state index contributed by atoms with van der Waals surface area (Å²) in [5.41, 5.74) is 0. The second kappa shape index (κ2) is 13.7. The lowest BCUT2D eigenvalue weighted by Gasteiger charge is -2.27. The predicted octanol–water partition coefficient (Wildman–Crippen LogP) is 5.96. The fourth-order valence-electron chi connectivity index (χ4n) is 4.68. The van der Waals surface area contributed by atoms with Crippen molar-refractivity contribution in [3.05, 3.63) is 0 Å². The SMILES string of the molecule is CCCCCCCOC1CCC(C#CC2CCC(C#CC3NCCS3)C(F)C2)CC1. The van der Waals surface area contributed by atoms with Crippen LogP contribution in [0.1, 0.15) is 84.0 Å². The van der Waals surface area contributed by atoms with E-state index in [0.29, 0.717) is 18.4 Å². The van der Waals surface area contributed by atoms with Gasteiger partial charge in [-0.1, -0.05) is 56.3 Å². The minimum Gasteiger partial charge on any atom is -0.378 e. The summed E-state index contributed by atoms with van der Waals surface area (Å²) in [7, 11) is 0. The predicted molar refractivity (Wildman–Crippen MR) is 126 cm³/mol. The summed E-state index contributed by atoms with van der Waals surface area (Å²) in [5.74, 6) is 15.1. The molecule has 1 heterocycles. The second-order valence-electron chi connectivity index (χ2n) is 9.17. The summed E-state index contributed by atoms with van der Waals surface area (Å²) in [5, 5.41) is 3.54. The molecule has 168 valence electrons. The van der Waals surface area contributed by atoms with E-state index in [2.05, 4.69) is 35.9 Å². The maximum absolute atomic E-state index is 14.6. The van der Waals surface area contributed by atoms with Crippen molar-refractivity contribution >= 4 is 11.8 Å². The van der Waals surface area contributed by atoms with Crippen molar-refractivity contribution in [1.82, 2.24) is 5.32 Å². The molecule has 0 aromatic carbocycles. The Morgan fingerprint density at radius 3 is 2.40 bits per heavy atom. The third-order valence-corrected chi connectivity index (χ3v) is 7.71. The van der Waals surface area contributed by atoms with Gasteiger partial charge < -0.3 is 4.74 Å². The molecule has 0 aromatic heterocycles. The number of alkyl halides is 1. The van der Waals surface area contributed by atoms with Gasteiger partial charge in [0.2, 0.25) is 0 Å². The van der Waals surface area contributed by atoms with Gasteiger partial charge >= 0.3 is 0 Å². The van der Waals surface area contributed by atoms with Gasteiger partial charge in [0.25, 0.3) is 0 Å². The number of nitrogens with one attached hydrogen (secondary N) is 1. The van der Waals surface area contributed by atoms with Gasteiger partial charge in [0, 0.05) is 30.7 Å². The first-order valence-corrected chi connectivity index (χ1v) is 13.4. The number of thioether (sulfide) groups is 1. The first kappa shape index (κ1) is 24.0. The lowest BCUT2D eigenvalue weighted by atomic mass is 9.80. The molecule has 2 aliphatic carbocycles. The lowest BCUT2D eigenvalue weighted by Crippen LogP contribution is -2.25. The molecule has 4 atom stereocenters. The molecule has 4 unspecified atom stereocenters. The Kier molecular flexibility index (Phi) is 10.9.